The van der Waals surface area contributed by atoms with Crippen molar-refractivity contribution in [2.45, 2.75) is 77.0 Å². The van der Waals surface area contributed by atoms with Crippen LogP contribution in [0.1, 0.15) is 69.5 Å². The van der Waals surface area contributed by atoms with Gasteiger partial charge >= 0.3 is 0 Å². The molecule has 1 aliphatic rings. The zero-order chi connectivity index (χ0) is 17.4. The van der Waals surface area contributed by atoms with E-state index in [0.29, 0.717) is 18.1 Å². The largest absolute Gasteiger partial charge is 0.375 e. The number of rotatable bonds is 10. The van der Waals surface area contributed by atoms with Gasteiger partial charge in [-0.15, -0.1) is 0 Å². The van der Waals surface area contributed by atoms with Gasteiger partial charge in [-0.3, -0.25) is 5.10 Å². The molecule has 138 valence electrons. The molecule has 0 unspecified atom stereocenters. The number of likely N-dealkylation sites (N-methyl/N-ethyl adjacent to an activating group) is 2. The number of ether oxygens (including phenoxy) is 1. The molecule has 1 aliphatic carbocycles. The Morgan fingerprint density at radius 1 is 1.29 bits per heavy atom. The smallest absolute Gasteiger partial charge is 0.0697 e. The monoisotopic (exact) mass is 336 g/mol. The first-order valence-electron chi connectivity index (χ1n) is 9.69. The number of hydrogen-bond donors (Lipinski definition) is 2. The van der Waals surface area contributed by atoms with E-state index in [1.165, 1.54) is 36.9 Å². The van der Waals surface area contributed by atoms with E-state index >= 15 is 0 Å². The van der Waals surface area contributed by atoms with Crippen LogP contribution in [0.15, 0.2) is 6.20 Å². The number of aromatic amines is 1. The molecular weight excluding hydrogens is 300 g/mol. The summed E-state index contributed by atoms with van der Waals surface area (Å²) in [5, 5.41) is 10.9. The molecule has 0 radical (unpaired) electrons. The zero-order valence-corrected chi connectivity index (χ0v) is 16.0. The molecule has 0 amide bonds. The number of hydrogen-bond acceptors (Lipinski definition) is 4. The SMILES string of the molecule is CCC(CC)OC1CCC(c2n[nH]cc2CN(C)CCNC)CC1. The van der Waals surface area contributed by atoms with E-state index in [2.05, 4.69) is 47.5 Å². The van der Waals surface area contributed by atoms with Crippen LogP contribution in [0.2, 0.25) is 0 Å². The molecule has 1 saturated carbocycles. The van der Waals surface area contributed by atoms with Crippen LogP contribution in [-0.2, 0) is 11.3 Å². The van der Waals surface area contributed by atoms with E-state index in [9.17, 15) is 0 Å². The molecule has 0 bridgehead atoms. The molecular formula is C19H36N4O. The Balaban J connectivity index is 1.85. The van der Waals surface area contributed by atoms with Crippen molar-refractivity contribution in [3.05, 3.63) is 17.5 Å². The van der Waals surface area contributed by atoms with E-state index in [-0.39, 0.29) is 0 Å². The van der Waals surface area contributed by atoms with Crippen LogP contribution in [0.25, 0.3) is 0 Å². The summed E-state index contributed by atoms with van der Waals surface area (Å²) in [6.45, 7) is 7.48. The van der Waals surface area contributed by atoms with Crippen LogP contribution < -0.4 is 5.32 Å². The summed E-state index contributed by atoms with van der Waals surface area (Å²) in [7, 11) is 4.17. The van der Waals surface area contributed by atoms with Crippen LogP contribution in [0.4, 0.5) is 0 Å². The van der Waals surface area contributed by atoms with Crippen LogP contribution in [-0.4, -0.2) is 54.5 Å². The van der Waals surface area contributed by atoms with Gasteiger partial charge in [-0.05, 0) is 52.6 Å². The normalized spacial score (nSPS) is 21.8. The van der Waals surface area contributed by atoms with E-state index in [0.717, 1.165) is 32.5 Å². The molecule has 0 spiro atoms. The standard InChI is InChI=1S/C19H36N4O/c1-5-17(6-2)24-18-9-7-15(8-10-18)19-16(13-21-22-19)14-23(4)12-11-20-3/h13,15,17-18,20H,5-12,14H2,1-4H3,(H,21,22). The maximum absolute atomic E-state index is 6.25. The molecule has 0 saturated heterocycles. The quantitative estimate of drug-likeness (QED) is 0.688. The fraction of sp³-hybridized carbons (Fsp3) is 0.842. The van der Waals surface area contributed by atoms with Gasteiger partial charge in [-0.25, -0.2) is 0 Å². The molecule has 0 aliphatic heterocycles. The van der Waals surface area contributed by atoms with Crippen molar-refractivity contribution < 1.29 is 4.74 Å². The van der Waals surface area contributed by atoms with Gasteiger partial charge in [0.05, 0.1) is 17.9 Å². The second-order valence-corrected chi connectivity index (χ2v) is 7.19. The van der Waals surface area contributed by atoms with Crippen molar-refractivity contribution in [1.82, 2.24) is 20.4 Å². The Kier molecular flexibility index (Phi) is 8.22. The molecule has 5 nitrogen and oxygen atoms in total. The van der Waals surface area contributed by atoms with Crippen LogP contribution in [0.3, 0.4) is 0 Å². The van der Waals surface area contributed by atoms with E-state index in [1.807, 2.05) is 7.05 Å². The number of nitrogens with one attached hydrogen (secondary N) is 2. The van der Waals surface area contributed by atoms with Gasteiger partial charge in [0.15, 0.2) is 0 Å². The second-order valence-electron chi connectivity index (χ2n) is 7.19. The van der Waals surface area contributed by atoms with Crippen molar-refractivity contribution in [2.24, 2.45) is 0 Å². The molecule has 1 fully saturated rings. The number of aromatic nitrogens is 2. The molecule has 1 aromatic rings. The minimum absolute atomic E-state index is 0.438. The Labute approximate surface area is 147 Å². The lowest BCUT2D eigenvalue weighted by Crippen LogP contribution is -2.28. The first kappa shape index (κ1) is 19.4. The lowest BCUT2D eigenvalue weighted by Gasteiger charge is -2.31. The van der Waals surface area contributed by atoms with Gasteiger partial charge in [0.1, 0.15) is 0 Å². The molecule has 5 heteroatoms. The van der Waals surface area contributed by atoms with Crippen molar-refractivity contribution in [3.63, 3.8) is 0 Å². The second kappa shape index (κ2) is 10.2. The molecule has 1 aromatic heterocycles. The number of nitrogens with zero attached hydrogens (tertiary/aromatic N) is 2. The van der Waals surface area contributed by atoms with Gasteiger partial charge in [0, 0.05) is 37.3 Å². The maximum Gasteiger partial charge on any atom is 0.0697 e. The maximum atomic E-state index is 6.25. The summed E-state index contributed by atoms with van der Waals surface area (Å²) >= 11 is 0. The fourth-order valence-electron chi connectivity index (χ4n) is 3.70. The number of H-pyrrole nitrogens is 1. The highest BCUT2D eigenvalue weighted by Gasteiger charge is 2.27. The van der Waals surface area contributed by atoms with E-state index in [1.54, 1.807) is 0 Å². The van der Waals surface area contributed by atoms with Gasteiger partial charge in [-0.2, -0.15) is 5.10 Å². The van der Waals surface area contributed by atoms with Crippen molar-refractivity contribution in [2.75, 3.05) is 27.2 Å². The average molecular weight is 337 g/mol. The first-order valence-corrected chi connectivity index (χ1v) is 9.69. The highest BCUT2D eigenvalue weighted by molar-refractivity contribution is 5.21. The molecule has 2 N–H and O–H groups in total. The van der Waals surface area contributed by atoms with Crippen LogP contribution in [0.5, 0.6) is 0 Å². The Hall–Kier alpha value is -0.910. The molecule has 0 aromatic carbocycles. The lowest BCUT2D eigenvalue weighted by atomic mass is 9.84. The Morgan fingerprint density at radius 2 is 2.00 bits per heavy atom. The summed E-state index contributed by atoms with van der Waals surface area (Å²) < 4.78 is 6.25. The first-order chi connectivity index (χ1) is 11.7. The topological polar surface area (TPSA) is 53.2 Å². The van der Waals surface area contributed by atoms with Gasteiger partial charge in [0.2, 0.25) is 0 Å². The average Bonchev–Trinajstić information content (AvgIpc) is 3.06. The zero-order valence-electron chi connectivity index (χ0n) is 16.0. The van der Waals surface area contributed by atoms with Crippen molar-refractivity contribution >= 4 is 0 Å². The molecule has 0 atom stereocenters. The van der Waals surface area contributed by atoms with Crippen molar-refractivity contribution in [3.8, 4) is 0 Å². The highest BCUT2D eigenvalue weighted by Crippen LogP contribution is 2.35. The van der Waals surface area contributed by atoms with Gasteiger partial charge in [0.25, 0.3) is 0 Å². The highest BCUT2D eigenvalue weighted by atomic mass is 16.5. The third kappa shape index (κ3) is 5.57. The van der Waals surface area contributed by atoms with Gasteiger partial charge in [-0.1, -0.05) is 13.8 Å². The predicted octanol–water partition coefficient (Wildman–Crippen LogP) is 3.29. The predicted molar refractivity (Wildman–Crippen MR) is 99.3 cm³/mol. The fourth-order valence-corrected chi connectivity index (χ4v) is 3.70. The summed E-state index contributed by atoms with van der Waals surface area (Å²) in [6.07, 6.45) is 9.95. The molecule has 24 heavy (non-hydrogen) atoms. The molecule has 2 rings (SSSR count). The third-order valence-corrected chi connectivity index (χ3v) is 5.29. The van der Waals surface area contributed by atoms with Crippen molar-refractivity contribution in [1.29, 1.82) is 0 Å². The van der Waals surface area contributed by atoms with Crippen LogP contribution >= 0.6 is 0 Å². The van der Waals surface area contributed by atoms with E-state index < -0.39 is 0 Å². The minimum atomic E-state index is 0.438. The summed E-state index contributed by atoms with van der Waals surface area (Å²) in [5.74, 6) is 0.588. The lowest BCUT2D eigenvalue weighted by molar-refractivity contribution is -0.0352. The summed E-state index contributed by atoms with van der Waals surface area (Å²) in [5.41, 5.74) is 2.64. The minimum Gasteiger partial charge on any atom is -0.375 e. The Bertz CT molecular complexity index is 450. The Morgan fingerprint density at radius 3 is 2.62 bits per heavy atom. The summed E-state index contributed by atoms with van der Waals surface area (Å²) in [4.78, 5) is 2.35. The summed E-state index contributed by atoms with van der Waals surface area (Å²) in [6, 6.07) is 0. The van der Waals surface area contributed by atoms with Gasteiger partial charge < -0.3 is 15.0 Å². The molecule has 1 heterocycles. The van der Waals surface area contributed by atoms with E-state index in [4.69, 9.17) is 4.74 Å². The third-order valence-electron chi connectivity index (χ3n) is 5.29. The van der Waals surface area contributed by atoms with Crippen LogP contribution in [0, 0.1) is 0 Å².